The van der Waals surface area contributed by atoms with Gasteiger partial charge in [-0.05, 0) is 0 Å². The van der Waals surface area contributed by atoms with Crippen molar-refractivity contribution in [3.05, 3.63) is 18.1 Å². The first-order chi connectivity index (χ1) is 9.37. The molecule has 2 N–H and O–H groups in total. The van der Waals surface area contributed by atoms with E-state index in [0.717, 1.165) is 0 Å². The van der Waals surface area contributed by atoms with Crippen molar-refractivity contribution in [2.45, 2.75) is 6.18 Å². The summed E-state index contributed by atoms with van der Waals surface area (Å²) in [6, 6.07) is 0. The molecule has 0 aromatic carbocycles. The molecule has 0 bridgehead atoms. The van der Waals surface area contributed by atoms with Gasteiger partial charge in [-0.25, -0.2) is 9.97 Å². The van der Waals surface area contributed by atoms with Gasteiger partial charge < -0.3 is 10.6 Å². The minimum absolute atomic E-state index is 0.130. The van der Waals surface area contributed by atoms with Crippen molar-refractivity contribution in [3.8, 4) is 0 Å². The minimum Gasteiger partial charge on any atom is -0.388 e. The van der Waals surface area contributed by atoms with E-state index in [2.05, 4.69) is 9.97 Å². The number of aromatic nitrogens is 2. The number of nitrogens with zero attached hydrogens (tertiary/aromatic N) is 4. The van der Waals surface area contributed by atoms with Crippen LogP contribution in [0.2, 0.25) is 0 Å². The molecule has 0 amide bonds. The zero-order valence-corrected chi connectivity index (χ0v) is 11.4. The first-order valence-electron chi connectivity index (χ1n) is 6.01. The third kappa shape index (κ3) is 3.76. The Balaban J connectivity index is 2.03. The van der Waals surface area contributed by atoms with Crippen molar-refractivity contribution in [1.82, 2.24) is 14.9 Å². The maximum Gasteiger partial charge on any atom is 0.401 e. The second kappa shape index (κ2) is 5.88. The minimum atomic E-state index is -4.17. The van der Waals surface area contributed by atoms with E-state index in [-0.39, 0.29) is 4.99 Å². The molecule has 1 fully saturated rings. The highest BCUT2D eigenvalue weighted by molar-refractivity contribution is 7.80. The number of anilines is 1. The van der Waals surface area contributed by atoms with Crippen LogP contribution < -0.4 is 10.6 Å². The second-order valence-electron chi connectivity index (χ2n) is 4.47. The van der Waals surface area contributed by atoms with E-state index < -0.39 is 12.7 Å². The number of rotatable bonds is 3. The van der Waals surface area contributed by atoms with Crippen molar-refractivity contribution in [1.29, 1.82) is 0 Å². The molecule has 20 heavy (non-hydrogen) atoms. The lowest BCUT2D eigenvalue weighted by molar-refractivity contribution is -0.146. The topological polar surface area (TPSA) is 58.3 Å². The average Bonchev–Trinajstić information content (AvgIpc) is 2.38. The predicted octanol–water partition coefficient (Wildman–Crippen LogP) is 0.795. The van der Waals surface area contributed by atoms with Crippen LogP contribution in [0.25, 0.3) is 0 Å². The molecule has 110 valence electrons. The molecule has 0 unspecified atom stereocenters. The zero-order valence-electron chi connectivity index (χ0n) is 10.6. The van der Waals surface area contributed by atoms with E-state index in [1.54, 1.807) is 0 Å². The number of hydrogen-bond acceptors (Lipinski definition) is 5. The van der Waals surface area contributed by atoms with Crippen molar-refractivity contribution < 1.29 is 13.2 Å². The molecule has 1 aromatic rings. The Morgan fingerprint density at radius 3 is 2.35 bits per heavy atom. The van der Waals surface area contributed by atoms with Crippen LogP contribution in [0.4, 0.5) is 19.0 Å². The van der Waals surface area contributed by atoms with Crippen molar-refractivity contribution in [2.75, 3.05) is 37.6 Å². The largest absolute Gasteiger partial charge is 0.401 e. The first-order valence-corrected chi connectivity index (χ1v) is 6.42. The molecule has 5 nitrogen and oxygen atoms in total. The van der Waals surface area contributed by atoms with Gasteiger partial charge in [0.1, 0.15) is 10.7 Å². The van der Waals surface area contributed by atoms with Gasteiger partial charge in [-0.3, -0.25) is 4.90 Å². The lowest BCUT2D eigenvalue weighted by atomic mass is 10.2. The molecule has 0 aliphatic carbocycles. The highest BCUT2D eigenvalue weighted by Gasteiger charge is 2.32. The summed E-state index contributed by atoms with van der Waals surface area (Å²) in [4.78, 5) is 11.6. The van der Waals surface area contributed by atoms with Crippen LogP contribution in [-0.4, -0.2) is 58.8 Å². The van der Waals surface area contributed by atoms with Crippen LogP contribution >= 0.6 is 12.2 Å². The summed E-state index contributed by atoms with van der Waals surface area (Å²) in [7, 11) is 0. The Hall–Kier alpha value is -1.48. The lowest BCUT2D eigenvalue weighted by Gasteiger charge is -2.36. The smallest absolute Gasteiger partial charge is 0.388 e. The van der Waals surface area contributed by atoms with E-state index >= 15 is 0 Å². The quantitative estimate of drug-likeness (QED) is 0.834. The van der Waals surface area contributed by atoms with Gasteiger partial charge in [0.05, 0.1) is 6.54 Å². The fourth-order valence-corrected chi connectivity index (χ4v) is 2.25. The standard InChI is InChI=1S/C11H14F3N5S/c12-11(13,14)7-18-3-5-19(6-4-18)10-8(9(15)20)16-1-2-17-10/h1-2H,3-7H2,(H2,15,20). The number of thiocarbonyl (C=S) groups is 1. The summed E-state index contributed by atoms with van der Waals surface area (Å²) < 4.78 is 37.0. The van der Waals surface area contributed by atoms with Crippen LogP contribution in [0.5, 0.6) is 0 Å². The van der Waals surface area contributed by atoms with Gasteiger partial charge in [0, 0.05) is 38.6 Å². The van der Waals surface area contributed by atoms with E-state index in [9.17, 15) is 13.2 Å². The maximum absolute atomic E-state index is 12.3. The van der Waals surface area contributed by atoms with Crippen LogP contribution in [0.15, 0.2) is 12.4 Å². The maximum atomic E-state index is 12.3. The molecule has 1 aliphatic heterocycles. The fraction of sp³-hybridized carbons (Fsp3) is 0.545. The third-order valence-electron chi connectivity index (χ3n) is 2.99. The second-order valence-corrected chi connectivity index (χ2v) is 4.91. The van der Waals surface area contributed by atoms with Gasteiger partial charge in [-0.1, -0.05) is 12.2 Å². The molecule has 9 heteroatoms. The number of piperazine rings is 1. The highest BCUT2D eigenvalue weighted by Crippen LogP contribution is 2.20. The Morgan fingerprint density at radius 2 is 1.80 bits per heavy atom. The molecule has 0 radical (unpaired) electrons. The SMILES string of the molecule is NC(=S)c1nccnc1N1CCN(CC(F)(F)F)CC1. The Morgan fingerprint density at radius 1 is 1.20 bits per heavy atom. The number of alkyl halides is 3. The molecule has 1 aliphatic rings. The summed E-state index contributed by atoms with van der Waals surface area (Å²) in [6.07, 6.45) is -1.17. The lowest BCUT2D eigenvalue weighted by Crippen LogP contribution is -2.49. The Kier molecular flexibility index (Phi) is 4.39. The van der Waals surface area contributed by atoms with Crippen molar-refractivity contribution in [2.24, 2.45) is 5.73 Å². The first kappa shape index (κ1) is 14.9. The van der Waals surface area contributed by atoms with E-state index in [1.165, 1.54) is 17.3 Å². The van der Waals surface area contributed by atoms with Crippen LogP contribution in [0.3, 0.4) is 0 Å². The molecular weight excluding hydrogens is 291 g/mol. The summed E-state index contributed by atoms with van der Waals surface area (Å²) in [5.41, 5.74) is 5.98. The molecular formula is C11H14F3N5S. The van der Waals surface area contributed by atoms with Crippen molar-refractivity contribution >= 4 is 23.0 Å². The molecule has 0 spiro atoms. The molecule has 0 atom stereocenters. The number of nitrogens with two attached hydrogens (primary N) is 1. The summed E-state index contributed by atoms with van der Waals surface area (Å²) in [5, 5.41) is 0. The van der Waals surface area contributed by atoms with E-state index in [1.807, 2.05) is 4.90 Å². The molecule has 2 rings (SSSR count). The van der Waals surface area contributed by atoms with Gasteiger partial charge in [-0.2, -0.15) is 13.2 Å². The number of hydrogen-bond donors (Lipinski definition) is 1. The number of halogens is 3. The van der Waals surface area contributed by atoms with Crippen LogP contribution in [-0.2, 0) is 0 Å². The Bertz CT molecular complexity index is 485. The highest BCUT2D eigenvalue weighted by atomic mass is 32.1. The summed E-state index contributed by atoms with van der Waals surface area (Å²) in [6.45, 7) is 0.609. The van der Waals surface area contributed by atoms with Gasteiger partial charge in [0.25, 0.3) is 0 Å². The molecule has 1 aromatic heterocycles. The van der Waals surface area contributed by atoms with Gasteiger partial charge in [-0.15, -0.1) is 0 Å². The zero-order chi connectivity index (χ0) is 14.8. The third-order valence-corrected chi connectivity index (χ3v) is 3.18. The average molecular weight is 305 g/mol. The Labute approximate surface area is 119 Å². The molecule has 1 saturated heterocycles. The summed E-state index contributed by atoms with van der Waals surface area (Å²) >= 11 is 4.90. The summed E-state index contributed by atoms with van der Waals surface area (Å²) in [5.74, 6) is 0.534. The van der Waals surface area contributed by atoms with Crippen LogP contribution in [0, 0.1) is 0 Å². The van der Waals surface area contributed by atoms with Gasteiger partial charge in [0.15, 0.2) is 5.82 Å². The van der Waals surface area contributed by atoms with E-state index in [0.29, 0.717) is 37.7 Å². The predicted molar refractivity (Wildman–Crippen MR) is 72.6 cm³/mol. The molecule has 2 heterocycles. The molecule has 0 saturated carbocycles. The van der Waals surface area contributed by atoms with Crippen molar-refractivity contribution in [3.63, 3.8) is 0 Å². The van der Waals surface area contributed by atoms with Gasteiger partial charge >= 0.3 is 6.18 Å². The van der Waals surface area contributed by atoms with E-state index in [4.69, 9.17) is 18.0 Å². The normalized spacial score (nSPS) is 17.2. The van der Waals surface area contributed by atoms with Gasteiger partial charge in [0.2, 0.25) is 0 Å². The monoisotopic (exact) mass is 305 g/mol. The van der Waals surface area contributed by atoms with Crippen LogP contribution in [0.1, 0.15) is 5.69 Å². The fourth-order valence-electron chi connectivity index (χ4n) is 2.11.